The molecule has 3 rings (SSSR count). The molecule has 1 aromatic carbocycles. The van der Waals surface area contributed by atoms with Crippen molar-refractivity contribution in [1.29, 1.82) is 0 Å². The summed E-state index contributed by atoms with van der Waals surface area (Å²) in [6, 6.07) is 12.4. The summed E-state index contributed by atoms with van der Waals surface area (Å²) >= 11 is 6.12. The number of pyridine rings is 1. The van der Waals surface area contributed by atoms with Crippen LogP contribution >= 0.6 is 11.6 Å². The maximum atomic E-state index is 6.12. The van der Waals surface area contributed by atoms with E-state index in [1.165, 1.54) is 16.8 Å². The summed E-state index contributed by atoms with van der Waals surface area (Å²) in [4.78, 5) is 2.39. The molecule has 0 saturated carbocycles. The molecule has 3 aromatic rings. The molecule has 0 N–H and O–H groups in total. The van der Waals surface area contributed by atoms with Gasteiger partial charge in [-0.3, -0.25) is 0 Å². The molecule has 0 aliphatic heterocycles. The fourth-order valence-corrected chi connectivity index (χ4v) is 3.57. The second-order valence-corrected chi connectivity index (χ2v) is 6.42. The van der Waals surface area contributed by atoms with Crippen molar-refractivity contribution in [3.8, 4) is 11.3 Å². The molecule has 3 nitrogen and oxygen atoms in total. The SMILES string of the molecule is CCc1nn2c(-c3ccc(Cl)cc3C)cccc2c1N(CC)CC. The number of benzene rings is 1. The maximum Gasteiger partial charge on any atom is 0.0905 e. The van der Waals surface area contributed by atoms with Crippen molar-refractivity contribution >= 4 is 22.8 Å². The Labute approximate surface area is 148 Å². The maximum absolute atomic E-state index is 6.12. The topological polar surface area (TPSA) is 20.5 Å². The lowest BCUT2D eigenvalue weighted by molar-refractivity contribution is 0.852. The lowest BCUT2D eigenvalue weighted by Gasteiger charge is -2.21. The molecule has 0 amide bonds. The zero-order chi connectivity index (χ0) is 17.3. The molecule has 0 fully saturated rings. The number of hydrogen-bond acceptors (Lipinski definition) is 2. The van der Waals surface area contributed by atoms with Crippen molar-refractivity contribution in [2.24, 2.45) is 0 Å². The van der Waals surface area contributed by atoms with Crippen LogP contribution in [-0.4, -0.2) is 22.7 Å². The third-order valence-corrected chi connectivity index (χ3v) is 4.82. The van der Waals surface area contributed by atoms with Crippen LogP contribution in [0.3, 0.4) is 0 Å². The van der Waals surface area contributed by atoms with Gasteiger partial charge in [0.05, 0.1) is 22.6 Å². The normalized spacial score (nSPS) is 11.2. The fourth-order valence-electron chi connectivity index (χ4n) is 3.35. The minimum atomic E-state index is 0.766. The number of aromatic nitrogens is 2. The van der Waals surface area contributed by atoms with E-state index in [1.54, 1.807) is 0 Å². The van der Waals surface area contributed by atoms with Crippen LogP contribution in [0.2, 0.25) is 5.02 Å². The van der Waals surface area contributed by atoms with Crippen LogP contribution in [-0.2, 0) is 6.42 Å². The van der Waals surface area contributed by atoms with Gasteiger partial charge in [-0.25, -0.2) is 4.52 Å². The van der Waals surface area contributed by atoms with Gasteiger partial charge in [0.1, 0.15) is 0 Å². The summed E-state index contributed by atoms with van der Waals surface area (Å²) in [6.07, 6.45) is 0.923. The second kappa shape index (κ2) is 6.86. The molecular weight excluding hydrogens is 318 g/mol. The van der Waals surface area contributed by atoms with Gasteiger partial charge in [0.2, 0.25) is 0 Å². The highest BCUT2D eigenvalue weighted by molar-refractivity contribution is 6.30. The van der Waals surface area contributed by atoms with Gasteiger partial charge in [-0.1, -0.05) is 30.7 Å². The summed E-state index contributed by atoms with van der Waals surface area (Å²) in [6.45, 7) is 10.6. The molecule has 0 bridgehead atoms. The molecule has 4 heteroatoms. The van der Waals surface area contributed by atoms with Crippen LogP contribution in [0.1, 0.15) is 32.0 Å². The van der Waals surface area contributed by atoms with E-state index in [0.29, 0.717) is 0 Å². The molecule has 2 heterocycles. The fraction of sp³-hybridized carbons (Fsp3) is 0.350. The standard InChI is InChI=1S/C20H24ClN3/c1-5-17-20(23(6-2)7-3)19-10-8-9-18(24(19)22-17)16-12-11-15(21)13-14(16)4/h8-13H,5-7H2,1-4H3. The summed E-state index contributed by atoms with van der Waals surface area (Å²) in [5, 5.41) is 5.70. The Bertz CT molecular complexity index is 863. The van der Waals surface area contributed by atoms with Crippen LogP contribution in [0.15, 0.2) is 36.4 Å². The van der Waals surface area contributed by atoms with Crippen molar-refractivity contribution in [3.05, 3.63) is 52.7 Å². The highest BCUT2D eigenvalue weighted by atomic mass is 35.5. The van der Waals surface area contributed by atoms with Crippen molar-refractivity contribution in [1.82, 2.24) is 9.61 Å². The van der Waals surface area contributed by atoms with Gasteiger partial charge in [-0.2, -0.15) is 5.10 Å². The van der Waals surface area contributed by atoms with E-state index in [1.807, 2.05) is 12.1 Å². The number of halogens is 1. The third kappa shape index (κ3) is 2.78. The van der Waals surface area contributed by atoms with Crippen molar-refractivity contribution < 1.29 is 0 Å². The third-order valence-electron chi connectivity index (χ3n) is 4.58. The number of nitrogens with zero attached hydrogens (tertiary/aromatic N) is 3. The van der Waals surface area contributed by atoms with E-state index in [2.05, 4.69) is 61.4 Å². The smallest absolute Gasteiger partial charge is 0.0905 e. The predicted molar refractivity (Wildman–Crippen MR) is 103 cm³/mol. The zero-order valence-corrected chi connectivity index (χ0v) is 15.6. The molecule has 0 unspecified atom stereocenters. The van der Waals surface area contributed by atoms with Crippen LogP contribution in [0.5, 0.6) is 0 Å². The molecule has 24 heavy (non-hydrogen) atoms. The van der Waals surface area contributed by atoms with Crippen LogP contribution < -0.4 is 4.90 Å². The van der Waals surface area contributed by atoms with E-state index < -0.39 is 0 Å². The Hall–Kier alpha value is -2.00. The van der Waals surface area contributed by atoms with Gasteiger partial charge in [0.15, 0.2) is 0 Å². The molecule has 0 spiro atoms. The lowest BCUT2D eigenvalue weighted by atomic mass is 10.1. The Morgan fingerprint density at radius 2 is 1.83 bits per heavy atom. The van der Waals surface area contributed by atoms with E-state index >= 15 is 0 Å². The monoisotopic (exact) mass is 341 g/mol. The van der Waals surface area contributed by atoms with Crippen LogP contribution in [0, 0.1) is 6.92 Å². The largest absolute Gasteiger partial charge is 0.369 e. The van der Waals surface area contributed by atoms with Crippen LogP contribution in [0.25, 0.3) is 16.8 Å². The molecule has 0 atom stereocenters. The van der Waals surface area contributed by atoms with Crippen molar-refractivity contribution in [3.63, 3.8) is 0 Å². The average Bonchev–Trinajstić information content (AvgIpc) is 2.95. The Morgan fingerprint density at radius 1 is 1.08 bits per heavy atom. The first-order valence-electron chi connectivity index (χ1n) is 8.62. The summed E-state index contributed by atoms with van der Waals surface area (Å²) < 4.78 is 2.09. The first kappa shape index (κ1) is 16.8. The van der Waals surface area contributed by atoms with Crippen molar-refractivity contribution in [2.45, 2.75) is 34.1 Å². The van der Waals surface area contributed by atoms with Gasteiger partial charge in [0, 0.05) is 23.7 Å². The van der Waals surface area contributed by atoms with E-state index in [0.717, 1.165) is 41.5 Å². The Kier molecular flexibility index (Phi) is 4.81. The highest BCUT2D eigenvalue weighted by Gasteiger charge is 2.18. The minimum absolute atomic E-state index is 0.766. The van der Waals surface area contributed by atoms with Gasteiger partial charge in [-0.05, 0) is 57.0 Å². The molecule has 0 aliphatic rings. The van der Waals surface area contributed by atoms with Gasteiger partial charge >= 0.3 is 0 Å². The van der Waals surface area contributed by atoms with Crippen LogP contribution in [0.4, 0.5) is 5.69 Å². The van der Waals surface area contributed by atoms with E-state index in [-0.39, 0.29) is 0 Å². The first-order valence-corrected chi connectivity index (χ1v) is 9.00. The molecule has 0 radical (unpaired) electrons. The van der Waals surface area contributed by atoms with E-state index in [4.69, 9.17) is 16.7 Å². The zero-order valence-electron chi connectivity index (χ0n) is 14.8. The molecule has 126 valence electrons. The van der Waals surface area contributed by atoms with Crippen molar-refractivity contribution in [2.75, 3.05) is 18.0 Å². The first-order chi connectivity index (χ1) is 11.6. The second-order valence-electron chi connectivity index (χ2n) is 5.99. The number of hydrogen-bond donors (Lipinski definition) is 0. The number of aryl methyl sites for hydroxylation is 2. The van der Waals surface area contributed by atoms with E-state index in [9.17, 15) is 0 Å². The number of fused-ring (bicyclic) bond motifs is 1. The molecular formula is C20H24ClN3. The highest BCUT2D eigenvalue weighted by Crippen LogP contribution is 2.32. The van der Waals surface area contributed by atoms with Gasteiger partial charge in [-0.15, -0.1) is 0 Å². The summed E-state index contributed by atoms with van der Waals surface area (Å²) in [5.41, 5.74) is 7.01. The average molecular weight is 342 g/mol. The minimum Gasteiger partial charge on any atom is -0.369 e. The van der Waals surface area contributed by atoms with Gasteiger partial charge in [0.25, 0.3) is 0 Å². The molecule has 2 aromatic heterocycles. The lowest BCUT2D eigenvalue weighted by Crippen LogP contribution is -2.22. The number of anilines is 1. The molecule has 0 aliphatic carbocycles. The predicted octanol–water partition coefficient (Wildman–Crippen LogP) is 5.37. The quantitative estimate of drug-likeness (QED) is 0.621. The number of rotatable bonds is 5. The van der Waals surface area contributed by atoms with Gasteiger partial charge < -0.3 is 4.90 Å². The Balaban J connectivity index is 2.28. The summed E-state index contributed by atoms with van der Waals surface area (Å²) in [5.74, 6) is 0. The Morgan fingerprint density at radius 3 is 2.46 bits per heavy atom. The molecule has 0 saturated heterocycles. The summed E-state index contributed by atoms with van der Waals surface area (Å²) in [7, 11) is 0.